The minimum Gasteiger partial charge on any atom is -0.329 e. The van der Waals surface area contributed by atoms with Crippen molar-refractivity contribution >= 4 is 7.37 Å². The van der Waals surface area contributed by atoms with Gasteiger partial charge in [0.05, 0.1) is 6.61 Å². The molecule has 0 amide bonds. The molecule has 0 bridgehead atoms. The normalized spacial score (nSPS) is 16.3. The highest BCUT2D eigenvalue weighted by atomic mass is 31.2. The first-order valence-electron chi connectivity index (χ1n) is 4.33. The third-order valence-electron chi connectivity index (χ3n) is 1.69. The lowest BCUT2D eigenvalue weighted by Gasteiger charge is -2.10. The number of hydrogen-bond acceptors (Lipinski definition) is 2. The zero-order chi connectivity index (χ0) is 8.74. The Morgan fingerprint density at radius 3 is 2.36 bits per heavy atom. The second-order valence-electron chi connectivity index (χ2n) is 2.87. The average molecular weight is 178 g/mol. The second-order valence-corrected chi connectivity index (χ2v) is 5.79. The summed E-state index contributed by atoms with van der Waals surface area (Å²) in [6, 6.07) is 0. The zero-order valence-electron chi connectivity index (χ0n) is 7.80. The molecule has 0 aliphatic rings. The largest absolute Gasteiger partial charge is 0.329 e. The number of hydrogen-bond donors (Lipinski definition) is 0. The van der Waals surface area contributed by atoms with Crippen molar-refractivity contribution in [3.63, 3.8) is 0 Å². The molecule has 0 saturated carbocycles. The number of unbranched alkanes of at least 4 members (excludes halogenated alkanes) is 2. The fraction of sp³-hybridized carbons (Fsp3) is 1.00. The molecule has 0 aromatic rings. The molecular weight excluding hydrogens is 159 g/mol. The van der Waals surface area contributed by atoms with Crippen LogP contribution in [0.25, 0.3) is 0 Å². The predicted molar refractivity (Wildman–Crippen MR) is 49.5 cm³/mol. The molecule has 68 valence electrons. The van der Waals surface area contributed by atoms with E-state index in [4.69, 9.17) is 4.52 Å². The molecule has 0 saturated heterocycles. The fourth-order valence-electron chi connectivity index (χ4n) is 0.701. The van der Waals surface area contributed by atoms with Crippen LogP contribution < -0.4 is 0 Å². The first kappa shape index (κ1) is 11.2. The molecule has 0 aliphatic heterocycles. The van der Waals surface area contributed by atoms with Crippen LogP contribution in [-0.2, 0) is 9.09 Å². The predicted octanol–water partition coefficient (Wildman–Crippen LogP) is 3.12. The standard InChI is InChI=1S/C8H19O2P/c1-4-6-7-8-10-11(3,9)5-2/h4-8H2,1-3H3. The Morgan fingerprint density at radius 1 is 1.27 bits per heavy atom. The maximum absolute atomic E-state index is 11.3. The molecular formula is C8H19O2P. The van der Waals surface area contributed by atoms with E-state index in [1.54, 1.807) is 6.66 Å². The summed E-state index contributed by atoms with van der Waals surface area (Å²) in [5.41, 5.74) is 0. The van der Waals surface area contributed by atoms with Gasteiger partial charge >= 0.3 is 0 Å². The smallest absolute Gasteiger partial charge is 0.199 e. The van der Waals surface area contributed by atoms with Crippen LogP contribution >= 0.6 is 7.37 Å². The fourth-order valence-corrected chi connectivity index (χ4v) is 1.40. The molecule has 0 spiro atoms. The molecule has 0 aromatic carbocycles. The van der Waals surface area contributed by atoms with Crippen LogP contribution in [0.15, 0.2) is 0 Å². The van der Waals surface area contributed by atoms with Gasteiger partial charge in [0, 0.05) is 12.8 Å². The van der Waals surface area contributed by atoms with Gasteiger partial charge in [0.2, 0.25) is 0 Å². The summed E-state index contributed by atoms with van der Waals surface area (Å²) >= 11 is 0. The van der Waals surface area contributed by atoms with Crippen LogP contribution in [0, 0.1) is 0 Å². The van der Waals surface area contributed by atoms with Gasteiger partial charge in [-0.3, -0.25) is 4.57 Å². The van der Waals surface area contributed by atoms with Crippen molar-refractivity contribution in [3.05, 3.63) is 0 Å². The Labute approximate surface area is 69.8 Å². The molecule has 3 heteroatoms. The van der Waals surface area contributed by atoms with Crippen molar-refractivity contribution < 1.29 is 9.09 Å². The Bertz CT molecular complexity index is 134. The third kappa shape index (κ3) is 6.58. The lowest BCUT2D eigenvalue weighted by atomic mass is 10.3. The van der Waals surface area contributed by atoms with E-state index < -0.39 is 7.37 Å². The highest BCUT2D eigenvalue weighted by molar-refractivity contribution is 7.58. The summed E-state index contributed by atoms with van der Waals surface area (Å²) in [6.07, 6.45) is 4.04. The Hall–Kier alpha value is 0.190. The van der Waals surface area contributed by atoms with Gasteiger partial charge in [0.25, 0.3) is 0 Å². The highest BCUT2D eigenvalue weighted by Gasteiger charge is 2.10. The second kappa shape index (κ2) is 5.79. The van der Waals surface area contributed by atoms with Crippen LogP contribution in [0.2, 0.25) is 0 Å². The van der Waals surface area contributed by atoms with Gasteiger partial charge in [0.15, 0.2) is 7.37 Å². The topological polar surface area (TPSA) is 26.3 Å². The van der Waals surface area contributed by atoms with Crippen molar-refractivity contribution in [2.45, 2.75) is 33.1 Å². The summed E-state index contributed by atoms with van der Waals surface area (Å²) < 4.78 is 16.6. The lowest BCUT2D eigenvalue weighted by Crippen LogP contribution is -1.93. The van der Waals surface area contributed by atoms with Crippen LogP contribution in [0.3, 0.4) is 0 Å². The number of rotatable bonds is 6. The maximum Gasteiger partial charge on any atom is 0.199 e. The summed E-state index contributed by atoms with van der Waals surface area (Å²) in [5.74, 6) is 0. The molecule has 11 heavy (non-hydrogen) atoms. The Kier molecular flexibility index (Phi) is 5.89. The Morgan fingerprint density at radius 2 is 1.91 bits per heavy atom. The quantitative estimate of drug-likeness (QED) is 0.461. The first-order chi connectivity index (χ1) is 5.12. The van der Waals surface area contributed by atoms with Crippen LogP contribution in [0.5, 0.6) is 0 Å². The van der Waals surface area contributed by atoms with Crippen molar-refractivity contribution in [2.24, 2.45) is 0 Å². The van der Waals surface area contributed by atoms with Gasteiger partial charge in [0.1, 0.15) is 0 Å². The first-order valence-corrected chi connectivity index (χ1v) is 6.59. The summed E-state index contributed by atoms with van der Waals surface area (Å²) in [5, 5.41) is 0. The minimum absolute atomic E-state index is 0.652. The van der Waals surface area contributed by atoms with Crippen molar-refractivity contribution in [2.75, 3.05) is 19.4 Å². The van der Waals surface area contributed by atoms with Gasteiger partial charge < -0.3 is 4.52 Å². The maximum atomic E-state index is 11.3. The molecule has 0 aromatic heterocycles. The van der Waals surface area contributed by atoms with E-state index in [0.29, 0.717) is 12.8 Å². The van der Waals surface area contributed by atoms with Crippen LogP contribution in [0.4, 0.5) is 0 Å². The molecule has 0 N–H and O–H groups in total. The molecule has 2 nitrogen and oxygen atoms in total. The van der Waals surface area contributed by atoms with Gasteiger partial charge in [-0.05, 0) is 6.42 Å². The van der Waals surface area contributed by atoms with E-state index in [1.807, 2.05) is 6.92 Å². The van der Waals surface area contributed by atoms with Crippen molar-refractivity contribution in [3.8, 4) is 0 Å². The van der Waals surface area contributed by atoms with Gasteiger partial charge in [-0.1, -0.05) is 26.7 Å². The average Bonchev–Trinajstić information content (AvgIpc) is 1.99. The minimum atomic E-state index is -2.21. The SMILES string of the molecule is CCCCCOP(C)(=O)CC. The van der Waals surface area contributed by atoms with E-state index in [0.717, 1.165) is 6.42 Å². The molecule has 0 aliphatic carbocycles. The zero-order valence-corrected chi connectivity index (χ0v) is 8.69. The monoisotopic (exact) mass is 178 g/mol. The molecule has 0 fully saturated rings. The summed E-state index contributed by atoms with van der Waals surface area (Å²) in [6.45, 7) is 6.42. The van der Waals surface area contributed by atoms with E-state index in [9.17, 15) is 4.57 Å². The molecule has 0 rings (SSSR count). The van der Waals surface area contributed by atoms with Crippen LogP contribution in [0.1, 0.15) is 33.1 Å². The molecule has 1 unspecified atom stereocenters. The van der Waals surface area contributed by atoms with Gasteiger partial charge in [-0.2, -0.15) is 0 Å². The molecule has 1 atom stereocenters. The molecule has 0 heterocycles. The van der Waals surface area contributed by atoms with Gasteiger partial charge in [-0.15, -0.1) is 0 Å². The van der Waals surface area contributed by atoms with Crippen molar-refractivity contribution in [1.29, 1.82) is 0 Å². The Balaban J connectivity index is 3.31. The summed E-state index contributed by atoms with van der Waals surface area (Å²) in [4.78, 5) is 0. The highest BCUT2D eigenvalue weighted by Crippen LogP contribution is 2.41. The van der Waals surface area contributed by atoms with Gasteiger partial charge in [-0.25, -0.2) is 0 Å². The van der Waals surface area contributed by atoms with E-state index in [1.165, 1.54) is 12.8 Å². The lowest BCUT2D eigenvalue weighted by molar-refractivity contribution is 0.307. The third-order valence-corrected chi connectivity index (χ3v) is 3.56. The molecule has 0 radical (unpaired) electrons. The van der Waals surface area contributed by atoms with E-state index in [-0.39, 0.29) is 0 Å². The van der Waals surface area contributed by atoms with E-state index >= 15 is 0 Å². The summed E-state index contributed by atoms with van der Waals surface area (Å²) in [7, 11) is -2.21. The van der Waals surface area contributed by atoms with Crippen molar-refractivity contribution in [1.82, 2.24) is 0 Å². The van der Waals surface area contributed by atoms with E-state index in [2.05, 4.69) is 6.92 Å². The van der Waals surface area contributed by atoms with Crippen LogP contribution in [-0.4, -0.2) is 19.4 Å².